The molecular weight excluding hydrogens is 288 g/mol. The van der Waals surface area contributed by atoms with Crippen LogP contribution in [0.2, 0.25) is 0 Å². The number of aryl methyl sites for hydroxylation is 1. The second-order valence-corrected chi connectivity index (χ2v) is 6.81. The molecule has 1 amide bonds. The molecule has 4 nitrogen and oxygen atoms in total. The van der Waals surface area contributed by atoms with Gasteiger partial charge in [0, 0.05) is 6.42 Å². The van der Waals surface area contributed by atoms with Crippen LogP contribution >= 0.6 is 0 Å². The zero-order chi connectivity index (χ0) is 16.3. The van der Waals surface area contributed by atoms with Gasteiger partial charge in [0.1, 0.15) is 11.3 Å². The summed E-state index contributed by atoms with van der Waals surface area (Å²) < 4.78 is 5.30. The van der Waals surface area contributed by atoms with E-state index in [0.717, 1.165) is 50.7 Å². The van der Waals surface area contributed by atoms with Crippen molar-refractivity contribution < 1.29 is 9.53 Å². The fourth-order valence-electron chi connectivity index (χ4n) is 4.02. The van der Waals surface area contributed by atoms with Gasteiger partial charge in [-0.05, 0) is 74.1 Å². The number of nitriles is 1. The molecule has 1 aromatic carbocycles. The maximum absolute atomic E-state index is 12.5. The molecule has 3 rings (SSSR count). The van der Waals surface area contributed by atoms with E-state index in [1.165, 1.54) is 11.1 Å². The fraction of sp³-hybridized carbons (Fsp3) is 0.579. The molecule has 0 radical (unpaired) electrons. The van der Waals surface area contributed by atoms with Crippen LogP contribution in [0.1, 0.15) is 62.0 Å². The largest absolute Gasteiger partial charge is 0.497 e. The van der Waals surface area contributed by atoms with Crippen molar-refractivity contribution in [2.45, 2.75) is 62.8 Å². The number of carbonyl (C=O) groups is 1. The molecule has 0 aromatic heterocycles. The van der Waals surface area contributed by atoms with Crippen molar-refractivity contribution in [2.75, 3.05) is 7.11 Å². The molecule has 0 aliphatic heterocycles. The minimum Gasteiger partial charge on any atom is -0.497 e. The number of fused-ring (bicyclic) bond motifs is 1. The van der Waals surface area contributed by atoms with E-state index in [-0.39, 0.29) is 11.8 Å². The summed E-state index contributed by atoms with van der Waals surface area (Å²) in [6.07, 6.45) is 7.28. The molecule has 0 spiro atoms. The molecule has 4 heteroatoms. The molecule has 0 heterocycles. The monoisotopic (exact) mass is 312 g/mol. The lowest BCUT2D eigenvalue weighted by molar-refractivity contribution is -0.122. The van der Waals surface area contributed by atoms with E-state index >= 15 is 0 Å². The molecule has 122 valence electrons. The van der Waals surface area contributed by atoms with Crippen LogP contribution in [0.4, 0.5) is 0 Å². The average Bonchev–Trinajstić information content (AvgIpc) is 3.03. The SMILES string of the molecule is COc1ccc2c(c1)CCCC2CC(=O)NC1(C#N)CCCC1. The van der Waals surface area contributed by atoms with E-state index in [1.54, 1.807) is 7.11 Å². The summed E-state index contributed by atoms with van der Waals surface area (Å²) in [7, 11) is 1.68. The maximum Gasteiger partial charge on any atom is 0.221 e. The highest BCUT2D eigenvalue weighted by Crippen LogP contribution is 2.36. The number of carbonyl (C=O) groups excluding carboxylic acids is 1. The van der Waals surface area contributed by atoms with Crippen LogP contribution in [0.3, 0.4) is 0 Å². The number of ether oxygens (including phenoxy) is 1. The lowest BCUT2D eigenvalue weighted by Crippen LogP contribution is -2.45. The summed E-state index contributed by atoms with van der Waals surface area (Å²) in [6.45, 7) is 0. The summed E-state index contributed by atoms with van der Waals surface area (Å²) in [4.78, 5) is 12.5. The predicted molar refractivity (Wildman–Crippen MR) is 88.2 cm³/mol. The highest BCUT2D eigenvalue weighted by atomic mass is 16.5. The lowest BCUT2D eigenvalue weighted by atomic mass is 9.80. The number of nitrogens with one attached hydrogen (secondary N) is 1. The van der Waals surface area contributed by atoms with Crippen LogP contribution in [0, 0.1) is 11.3 Å². The second kappa shape index (κ2) is 6.62. The minimum absolute atomic E-state index is 0.0159. The summed E-state index contributed by atoms with van der Waals surface area (Å²) in [5.74, 6) is 1.15. The van der Waals surface area contributed by atoms with Gasteiger partial charge in [0.25, 0.3) is 0 Å². The molecule has 1 unspecified atom stereocenters. The first kappa shape index (κ1) is 15.9. The molecule has 1 aromatic rings. The molecule has 2 aliphatic rings. The molecular formula is C19H24N2O2. The summed E-state index contributed by atoms with van der Waals surface area (Å²) in [5.41, 5.74) is 1.95. The Morgan fingerprint density at radius 3 is 2.87 bits per heavy atom. The van der Waals surface area contributed by atoms with Gasteiger partial charge in [-0.2, -0.15) is 5.26 Å². The molecule has 1 saturated carbocycles. The summed E-state index contributed by atoms with van der Waals surface area (Å²) in [5, 5.41) is 12.4. The lowest BCUT2D eigenvalue weighted by Gasteiger charge is -2.28. The maximum atomic E-state index is 12.5. The third kappa shape index (κ3) is 3.34. The van der Waals surface area contributed by atoms with Gasteiger partial charge in [0.15, 0.2) is 0 Å². The Bertz CT molecular complexity index is 627. The Morgan fingerprint density at radius 1 is 1.39 bits per heavy atom. The van der Waals surface area contributed by atoms with Crippen LogP contribution in [0.25, 0.3) is 0 Å². The third-order valence-electron chi connectivity index (χ3n) is 5.27. The van der Waals surface area contributed by atoms with Crippen LogP contribution in [0.15, 0.2) is 18.2 Å². The van der Waals surface area contributed by atoms with Gasteiger partial charge in [-0.15, -0.1) is 0 Å². The average molecular weight is 312 g/mol. The number of hydrogen-bond donors (Lipinski definition) is 1. The fourth-order valence-corrected chi connectivity index (χ4v) is 4.02. The van der Waals surface area contributed by atoms with E-state index in [0.29, 0.717) is 6.42 Å². The van der Waals surface area contributed by atoms with Crippen LogP contribution in [0.5, 0.6) is 5.75 Å². The Labute approximate surface area is 137 Å². The topological polar surface area (TPSA) is 62.1 Å². The first-order chi connectivity index (χ1) is 11.2. The standard InChI is InChI=1S/C19H24N2O2/c1-23-16-7-8-17-14(11-16)5-4-6-15(17)12-18(22)21-19(13-20)9-2-3-10-19/h7-8,11,15H,2-6,9-10,12H2,1H3,(H,21,22). The number of benzene rings is 1. The van der Waals surface area contributed by atoms with Crippen molar-refractivity contribution >= 4 is 5.91 Å². The smallest absolute Gasteiger partial charge is 0.221 e. The number of methoxy groups -OCH3 is 1. The Balaban J connectivity index is 1.69. The van der Waals surface area contributed by atoms with Crippen LogP contribution < -0.4 is 10.1 Å². The number of nitrogens with zero attached hydrogens (tertiary/aromatic N) is 1. The zero-order valence-corrected chi connectivity index (χ0v) is 13.7. The summed E-state index contributed by atoms with van der Waals surface area (Å²) in [6, 6.07) is 8.49. The van der Waals surface area contributed by atoms with Gasteiger partial charge in [-0.3, -0.25) is 4.79 Å². The van der Waals surface area contributed by atoms with Gasteiger partial charge in [0.05, 0.1) is 13.2 Å². The van der Waals surface area contributed by atoms with Gasteiger partial charge < -0.3 is 10.1 Å². The highest BCUT2D eigenvalue weighted by molar-refractivity contribution is 5.78. The van der Waals surface area contributed by atoms with Crippen molar-refractivity contribution in [3.8, 4) is 11.8 Å². The third-order valence-corrected chi connectivity index (χ3v) is 5.27. The van der Waals surface area contributed by atoms with E-state index in [1.807, 2.05) is 6.07 Å². The van der Waals surface area contributed by atoms with E-state index in [9.17, 15) is 10.1 Å². The Morgan fingerprint density at radius 2 is 2.17 bits per heavy atom. The van der Waals surface area contributed by atoms with E-state index in [4.69, 9.17) is 4.74 Å². The Hall–Kier alpha value is -2.02. The molecule has 0 bridgehead atoms. The normalized spacial score (nSPS) is 22.0. The van der Waals surface area contributed by atoms with Crippen molar-refractivity contribution in [3.63, 3.8) is 0 Å². The quantitative estimate of drug-likeness (QED) is 0.926. The molecule has 1 fully saturated rings. The number of amides is 1. The second-order valence-electron chi connectivity index (χ2n) is 6.81. The zero-order valence-electron chi connectivity index (χ0n) is 13.7. The number of hydrogen-bond acceptors (Lipinski definition) is 3. The first-order valence-electron chi connectivity index (χ1n) is 8.55. The summed E-state index contributed by atoms with van der Waals surface area (Å²) >= 11 is 0. The number of rotatable bonds is 4. The molecule has 2 aliphatic carbocycles. The molecule has 1 atom stereocenters. The first-order valence-corrected chi connectivity index (χ1v) is 8.55. The van der Waals surface area contributed by atoms with Crippen LogP contribution in [-0.4, -0.2) is 18.6 Å². The van der Waals surface area contributed by atoms with Crippen molar-refractivity contribution in [3.05, 3.63) is 29.3 Å². The van der Waals surface area contributed by atoms with Gasteiger partial charge in [0.2, 0.25) is 5.91 Å². The van der Waals surface area contributed by atoms with Crippen molar-refractivity contribution in [1.82, 2.24) is 5.32 Å². The van der Waals surface area contributed by atoms with Gasteiger partial charge in [-0.1, -0.05) is 6.07 Å². The van der Waals surface area contributed by atoms with Crippen LogP contribution in [-0.2, 0) is 11.2 Å². The molecule has 1 N–H and O–H groups in total. The van der Waals surface area contributed by atoms with E-state index in [2.05, 4.69) is 23.5 Å². The van der Waals surface area contributed by atoms with Crippen molar-refractivity contribution in [2.24, 2.45) is 0 Å². The van der Waals surface area contributed by atoms with E-state index < -0.39 is 5.54 Å². The predicted octanol–water partition coefficient (Wildman–Crippen LogP) is 3.46. The Kier molecular flexibility index (Phi) is 4.56. The van der Waals surface area contributed by atoms with Gasteiger partial charge in [-0.25, -0.2) is 0 Å². The molecule has 23 heavy (non-hydrogen) atoms. The molecule has 0 saturated heterocycles. The van der Waals surface area contributed by atoms with Gasteiger partial charge >= 0.3 is 0 Å². The highest BCUT2D eigenvalue weighted by Gasteiger charge is 2.36. The minimum atomic E-state index is -0.617. The van der Waals surface area contributed by atoms with Crippen molar-refractivity contribution in [1.29, 1.82) is 5.26 Å².